The Morgan fingerprint density at radius 3 is 2.90 bits per heavy atom. The van der Waals surface area contributed by atoms with Crippen molar-refractivity contribution in [1.29, 1.82) is 0 Å². The maximum atomic E-state index is 4.59. The zero-order chi connectivity index (χ0) is 14.7. The summed E-state index contributed by atoms with van der Waals surface area (Å²) in [6, 6.07) is 11.0. The van der Waals surface area contributed by atoms with Gasteiger partial charge in [-0.1, -0.05) is 25.1 Å². The van der Waals surface area contributed by atoms with Crippen LogP contribution in [0.2, 0.25) is 0 Å². The van der Waals surface area contributed by atoms with Crippen LogP contribution in [0, 0.1) is 0 Å². The number of aryl methyl sites for hydroxylation is 1. The maximum Gasteiger partial charge on any atom is 0.131 e. The van der Waals surface area contributed by atoms with E-state index in [-0.39, 0.29) is 6.04 Å². The average Bonchev–Trinajstić information content (AvgIpc) is 3.14. The van der Waals surface area contributed by atoms with Gasteiger partial charge in [-0.15, -0.1) is 11.3 Å². The Morgan fingerprint density at radius 1 is 1.29 bits per heavy atom. The molecule has 2 heterocycles. The molecule has 0 bridgehead atoms. The predicted molar refractivity (Wildman–Crippen MR) is 89.9 cm³/mol. The normalized spacial score (nSPS) is 12.9. The third-order valence-electron chi connectivity index (χ3n) is 3.67. The number of benzene rings is 1. The van der Waals surface area contributed by atoms with Gasteiger partial charge < -0.3 is 9.88 Å². The monoisotopic (exact) mass is 299 g/mol. The topological polar surface area (TPSA) is 29.9 Å². The molecule has 0 saturated heterocycles. The molecule has 4 heteroatoms. The lowest BCUT2D eigenvalue weighted by Crippen LogP contribution is -2.25. The molecule has 1 unspecified atom stereocenters. The average molecular weight is 299 g/mol. The van der Waals surface area contributed by atoms with E-state index in [1.807, 2.05) is 17.5 Å². The van der Waals surface area contributed by atoms with Crippen LogP contribution in [0.3, 0.4) is 0 Å². The van der Waals surface area contributed by atoms with E-state index in [1.54, 1.807) is 0 Å². The molecule has 110 valence electrons. The van der Waals surface area contributed by atoms with Crippen LogP contribution >= 0.6 is 11.3 Å². The molecule has 1 atom stereocenters. The lowest BCUT2D eigenvalue weighted by atomic mass is 10.2. The van der Waals surface area contributed by atoms with Crippen molar-refractivity contribution in [2.45, 2.75) is 32.9 Å². The highest BCUT2D eigenvalue weighted by atomic mass is 32.1. The fourth-order valence-electron chi connectivity index (χ4n) is 2.60. The van der Waals surface area contributed by atoms with Gasteiger partial charge in [0.25, 0.3) is 0 Å². The predicted octanol–water partition coefficient (Wildman–Crippen LogP) is 4.21. The van der Waals surface area contributed by atoms with Crippen LogP contribution in [0.15, 0.2) is 42.7 Å². The minimum absolute atomic E-state index is 0.178. The first kappa shape index (κ1) is 14.3. The van der Waals surface area contributed by atoms with Gasteiger partial charge >= 0.3 is 0 Å². The summed E-state index contributed by atoms with van der Waals surface area (Å²) >= 11 is 1.86. The molecule has 0 amide bonds. The van der Waals surface area contributed by atoms with Gasteiger partial charge in [0.1, 0.15) is 11.9 Å². The number of imidazole rings is 1. The van der Waals surface area contributed by atoms with Gasteiger partial charge in [-0.3, -0.25) is 0 Å². The number of nitrogens with one attached hydrogen (secondary N) is 1. The van der Waals surface area contributed by atoms with Gasteiger partial charge in [-0.2, -0.15) is 0 Å². The summed E-state index contributed by atoms with van der Waals surface area (Å²) < 4.78 is 3.56. The second kappa shape index (κ2) is 6.41. The van der Waals surface area contributed by atoms with Crippen LogP contribution in [0.5, 0.6) is 0 Å². The minimum atomic E-state index is 0.178. The zero-order valence-electron chi connectivity index (χ0n) is 12.5. The molecule has 0 spiro atoms. The third-order valence-corrected chi connectivity index (χ3v) is 4.86. The SMILES string of the molecule is CCCNC(c1cc2ccccc2s1)c1nccn1CC. The summed E-state index contributed by atoms with van der Waals surface area (Å²) in [5, 5.41) is 4.97. The number of hydrogen-bond donors (Lipinski definition) is 1. The van der Waals surface area contributed by atoms with Crippen molar-refractivity contribution in [2.75, 3.05) is 6.54 Å². The van der Waals surface area contributed by atoms with E-state index in [9.17, 15) is 0 Å². The van der Waals surface area contributed by atoms with Crippen LogP contribution in [0.1, 0.15) is 37.0 Å². The first-order valence-electron chi connectivity index (χ1n) is 7.56. The van der Waals surface area contributed by atoms with Crippen LogP contribution in [0.4, 0.5) is 0 Å². The Morgan fingerprint density at radius 2 is 2.14 bits per heavy atom. The highest BCUT2D eigenvalue weighted by Gasteiger charge is 2.20. The number of nitrogens with zero attached hydrogens (tertiary/aromatic N) is 2. The minimum Gasteiger partial charge on any atom is -0.334 e. The molecule has 3 nitrogen and oxygen atoms in total. The largest absolute Gasteiger partial charge is 0.334 e. The van der Waals surface area contributed by atoms with Crippen molar-refractivity contribution < 1.29 is 0 Å². The van der Waals surface area contributed by atoms with Crippen molar-refractivity contribution >= 4 is 21.4 Å². The van der Waals surface area contributed by atoms with Gasteiger partial charge in [0.2, 0.25) is 0 Å². The highest BCUT2D eigenvalue weighted by Crippen LogP contribution is 2.32. The molecule has 0 fully saturated rings. The van der Waals surface area contributed by atoms with E-state index in [0.29, 0.717) is 0 Å². The van der Waals surface area contributed by atoms with E-state index >= 15 is 0 Å². The summed E-state index contributed by atoms with van der Waals surface area (Å²) in [6.07, 6.45) is 5.07. The lowest BCUT2D eigenvalue weighted by Gasteiger charge is -2.17. The number of rotatable bonds is 6. The van der Waals surface area contributed by atoms with E-state index in [4.69, 9.17) is 0 Å². The molecule has 3 aromatic rings. The quantitative estimate of drug-likeness (QED) is 0.739. The van der Waals surface area contributed by atoms with Gasteiger partial charge in [-0.25, -0.2) is 4.98 Å². The Hall–Kier alpha value is -1.65. The Balaban J connectivity index is 2.02. The fraction of sp³-hybridized carbons (Fsp3) is 0.353. The molecular formula is C17H21N3S. The zero-order valence-corrected chi connectivity index (χ0v) is 13.4. The van der Waals surface area contributed by atoms with Crippen molar-refractivity contribution in [3.05, 3.63) is 53.4 Å². The standard InChI is InChI=1S/C17H21N3S/c1-3-9-18-16(17-19-10-11-20(17)4-2)15-12-13-7-5-6-8-14(13)21-15/h5-8,10-12,16,18H,3-4,9H2,1-2H3. The van der Waals surface area contributed by atoms with E-state index in [0.717, 1.165) is 25.3 Å². The molecule has 0 aliphatic heterocycles. The van der Waals surface area contributed by atoms with Crippen LogP contribution in [-0.2, 0) is 6.54 Å². The van der Waals surface area contributed by atoms with Crippen molar-refractivity contribution in [3.8, 4) is 0 Å². The molecule has 3 rings (SSSR count). The van der Waals surface area contributed by atoms with Gasteiger partial charge in [0.15, 0.2) is 0 Å². The second-order valence-electron chi connectivity index (χ2n) is 5.15. The number of hydrogen-bond acceptors (Lipinski definition) is 3. The molecule has 21 heavy (non-hydrogen) atoms. The number of thiophene rings is 1. The molecule has 0 saturated carbocycles. The fourth-order valence-corrected chi connectivity index (χ4v) is 3.74. The highest BCUT2D eigenvalue weighted by molar-refractivity contribution is 7.19. The summed E-state index contributed by atoms with van der Waals surface area (Å²) in [5.74, 6) is 1.11. The van der Waals surface area contributed by atoms with E-state index < -0.39 is 0 Å². The third kappa shape index (κ3) is 2.87. The second-order valence-corrected chi connectivity index (χ2v) is 6.26. The Bertz CT molecular complexity index is 680. The number of fused-ring (bicyclic) bond motifs is 1. The number of aromatic nitrogens is 2. The van der Waals surface area contributed by atoms with Gasteiger partial charge in [-0.05, 0) is 37.4 Å². The van der Waals surface area contributed by atoms with Gasteiger partial charge in [0, 0.05) is 28.5 Å². The Kier molecular flexibility index (Phi) is 4.36. The van der Waals surface area contributed by atoms with Crippen molar-refractivity contribution in [1.82, 2.24) is 14.9 Å². The molecular weight excluding hydrogens is 278 g/mol. The van der Waals surface area contributed by atoms with Crippen molar-refractivity contribution in [3.63, 3.8) is 0 Å². The smallest absolute Gasteiger partial charge is 0.131 e. The molecule has 0 aliphatic rings. The molecule has 1 aromatic carbocycles. The Labute approximate surface area is 129 Å². The van der Waals surface area contributed by atoms with Gasteiger partial charge in [0.05, 0.1) is 0 Å². The molecule has 1 N–H and O–H groups in total. The van der Waals surface area contributed by atoms with Crippen LogP contribution < -0.4 is 5.32 Å². The lowest BCUT2D eigenvalue weighted by molar-refractivity contribution is 0.548. The first-order chi connectivity index (χ1) is 10.3. The van der Waals surface area contributed by atoms with Crippen LogP contribution in [0.25, 0.3) is 10.1 Å². The van der Waals surface area contributed by atoms with E-state index in [1.165, 1.54) is 15.0 Å². The summed E-state index contributed by atoms with van der Waals surface area (Å²) in [5.41, 5.74) is 0. The van der Waals surface area contributed by atoms with Crippen LogP contribution in [-0.4, -0.2) is 16.1 Å². The summed E-state index contributed by atoms with van der Waals surface area (Å²) in [7, 11) is 0. The van der Waals surface area contributed by atoms with E-state index in [2.05, 4.69) is 65.2 Å². The maximum absolute atomic E-state index is 4.59. The van der Waals surface area contributed by atoms with Crippen molar-refractivity contribution in [2.24, 2.45) is 0 Å². The first-order valence-corrected chi connectivity index (χ1v) is 8.38. The molecule has 0 aliphatic carbocycles. The molecule has 2 aromatic heterocycles. The summed E-state index contributed by atoms with van der Waals surface area (Å²) in [6.45, 7) is 6.30. The summed E-state index contributed by atoms with van der Waals surface area (Å²) in [4.78, 5) is 5.93. The molecule has 0 radical (unpaired) electrons.